The molecule has 0 atom stereocenters. The van der Waals surface area contributed by atoms with Gasteiger partial charge in [-0.2, -0.15) is 9.50 Å². The molecule has 2 aromatic heterocycles. The zero-order valence-electron chi connectivity index (χ0n) is 12.1. The molecule has 2 aromatic carbocycles. The second-order valence-electron chi connectivity index (χ2n) is 5.11. The lowest BCUT2D eigenvalue weighted by Gasteiger charge is -1.93. The summed E-state index contributed by atoms with van der Waals surface area (Å²) in [7, 11) is 0. The maximum absolute atomic E-state index is 13.0. The number of aromatic nitrogens is 3. The van der Waals surface area contributed by atoms with Crippen LogP contribution in [0.3, 0.4) is 0 Å². The van der Waals surface area contributed by atoms with Gasteiger partial charge in [0.05, 0.1) is 4.53 Å². The third-order valence-electron chi connectivity index (χ3n) is 3.43. The summed E-state index contributed by atoms with van der Waals surface area (Å²) in [5.41, 5.74) is 1.38. The molecular formula is C17H9BrFN3OS. The summed E-state index contributed by atoms with van der Waals surface area (Å²) >= 11 is 4.69. The topological polar surface area (TPSA) is 47.3 Å². The molecule has 24 heavy (non-hydrogen) atoms. The van der Waals surface area contributed by atoms with Crippen LogP contribution in [0.5, 0.6) is 0 Å². The fourth-order valence-corrected chi connectivity index (χ4v) is 3.63. The predicted molar refractivity (Wildman–Crippen MR) is 95.5 cm³/mol. The lowest BCUT2D eigenvalue weighted by atomic mass is 10.2. The number of nitrogens with zero attached hydrogens (tertiary/aromatic N) is 3. The second-order valence-corrected chi connectivity index (χ2v) is 7.03. The van der Waals surface area contributed by atoms with Gasteiger partial charge in [0.25, 0.3) is 5.56 Å². The highest BCUT2D eigenvalue weighted by Gasteiger charge is 2.12. The molecule has 7 heteroatoms. The van der Waals surface area contributed by atoms with E-state index in [-0.39, 0.29) is 11.4 Å². The molecule has 0 saturated heterocycles. The number of fused-ring (bicyclic) bond motifs is 1. The number of halogens is 2. The van der Waals surface area contributed by atoms with Gasteiger partial charge >= 0.3 is 0 Å². The van der Waals surface area contributed by atoms with Crippen molar-refractivity contribution in [3.8, 4) is 11.4 Å². The van der Waals surface area contributed by atoms with E-state index in [1.165, 1.54) is 28.0 Å². The van der Waals surface area contributed by atoms with Gasteiger partial charge in [0.15, 0.2) is 5.82 Å². The Morgan fingerprint density at radius 1 is 1.17 bits per heavy atom. The Morgan fingerprint density at radius 2 is 1.96 bits per heavy atom. The summed E-state index contributed by atoms with van der Waals surface area (Å²) in [6.45, 7) is 0. The van der Waals surface area contributed by atoms with Crippen LogP contribution in [-0.4, -0.2) is 14.6 Å². The minimum absolute atomic E-state index is 0.212. The Labute approximate surface area is 148 Å². The fraction of sp³-hybridized carbons (Fsp3) is 0. The largest absolute Gasteiger partial charge is 0.291 e. The Hall–Kier alpha value is -2.38. The molecule has 4 nitrogen and oxygen atoms in total. The highest BCUT2D eigenvalue weighted by Crippen LogP contribution is 2.17. The van der Waals surface area contributed by atoms with Crippen molar-refractivity contribution in [1.82, 2.24) is 14.6 Å². The van der Waals surface area contributed by atoms with Crippen molar-refractivity contribution >= 4 is 38.3 Å². The number of benzene rings is 2. The monoisotopic (exact) mass is 401 g/mol. The summed E-state index contributed by atoms with van der Waals surface area (Å²) in [5.74, 6) is 0.0857. The first-order valence-electron chi connectivity index (χ1n) is 7.03. The molecule has 4 aromatic rings. The summed E-state index contributed by atoms with van der Waals surface area (Å²) < 4.78 is 15.8. The Bertz CT molecular complexity index is 1150. The van der Waals surface area contributed by atoms with Gasteiger partial charge in [0, 0.05) is 10.0 Å². The van der Waals surface area contributed by atoms with Crippen LogP contribution in [0.15, 0.2) is 57.8 Å². The van der Waals surface area contributed by atoms with E-state index >= 15 is 0 Å². The maximum Gasteiger partial charge on any atom is 0.291 e. The molecule has 0 saturated carbocycles. The quantitative estimate of drug-likeness (QED) is 0.517. The standard InChI is InChI=1S/C17H9BrFN3OS/c18-12-3-1-2-10(8-12)9-14-16(23)22-17(24-14)20-15(21-22)11-4-6-13(19)7-5-11/h1-9H. The third kappa shape index (κ3) is 2.76. The predicted octanol–water partition coefficient (Wildman–Crippen LogP) is 3.27. The van der Waals surface area contributed by atoms with Crippen LogP contribution in [0.4, 0.5) is 4.39 Å². The highest BCUT2D eigenvalue weighted by molar-refractivity contribution is 9.10. The minimum Gasteiger partial charge on any atom is -0.266 e. The number of thiazole rings is 1. The SMILES string of the molecule is O=c1c(=Cc2cccc(Br)c2)sc2nc(-c3ccc(F)cc3)nn12. The molecule has 0 N–H and O–H groups in total. The van der Waals surface area contributed by atoms with Gasteiger partial charge in [-0.15, -0.1) is 5.10 Å². The molecule has 0 aliphatic rings. The maximum atomic E-state index is 13.0. The molecule has 2 heterocycles. The Morgan fingerprint density at radius 3 is 2.67 bits per heavy atom. The molecule has 0 spiro atoms. The molecule has 0 bridgehead atoms. The molecule has 4 rings (SSSR count). The van der Waals surface area contributed by atoms with E-state index < -0.39 is 0 Å². The van der Waals surface area contributed by atoms with Crippen molar-refractivity contribution in [3.05, 3.63) is 79.3 Å². The number of hydrogen-bond acceptors (Lipinski definition) is 4. The average molecular weight is 402 g/mol. The zero-order chi connectivity index (χ0) is 16.7. The van der Waals surface area contributed by atoms with Crippen molar-refractivity contribution in [1.29, 1.82) is 0 Å². The molecule has 0 unspecified atom stereocenters. The average Bonchev–Trinajstić information content (AvgIpc) is 3.09. The lowest BCUT2D eigenvalue weighted by molar-refractivity contribution is 0.628. The van der Waals surface area contributed by atoms with Crippen molar-refractivity contribution in [2.75, 3.05) is 0 Å². The number of hydrogen-bond donors (Lipinski definition) is 0. The van der Waals surface area contributed by atoms with Crippen molar-refractivity contribution in [3.63, 3.8) is 0 Å². The summed E-state index contributed by atoms with van der Waals surface area (Å²) in [4.78, 5) is 17.4. The van der Waals surface area contributed by atoms with Crippen molar-refractivity contribution < 1.29 is 4.39 Å². The lowest BCUT2D eigenvalue weighted by Crippen LogP contribution is -2.23. The van der Waals surface area contributed by atoms with E-state index in [1.54, 1.807) is 12.1 Å². The number of rotatable bonds is 2. The van der Waals surface area contributed by atoms with Crippen molar-refractivity contribution in [2.45, 2.75) is 0 Å². The Balaban J connectivity index is 1.81. The van der Waals surface area contributed by atoms with Crippen LogP contribution in [0.2, 0.25) is 0 Å². The molecule has 0 fully saturated rings. The van der Waals surface area contributed by atoms with Gasteiger partial charge in [0.2, 0.25) is 4.96 Å². The van der Waals surface area contributed by atoms with Gasteiger partial charge in [-0.05, 0) is 48.0 Å². The van der Waals surface area contributed by atoms with Gasteiger partial charge in [0.1, 0.15) is 5.82 Å². The van der Waals surface area contributed by atoms with Crippen LogP contribution in [0.25, 0.3) is 22.4 Å². The van der Waals surface area contributed by atoms with Gasteiger partial charge in [-0.1, -0.05) is 39.4 Å². The van der Waals surface area contributed by atoms with E-state index in [0.29, 0.717) is 20.9 Å². The van der Waals surface area contributed by atoms with Crippen LogP contribution < -0.4 is 10.1 Å². The molecule has 0 aliphatic carbocycles. The highest BCUT2D eigenvalue weighted by atomic mass is 79.9. The Kier molecular flexibility index (Phi) is 3.74. The van der Waals surface area contributed by atoms with E-state index in [9.17, 15) is 9.18 Å². The molecule has 118 valence electrons. The van der Waals surface area contributed by atoms with E-state index in [1.807, 2.05) is 30.3 Å². The first-order chi connectivity index (χ1) is 11.6. The smallest absolute Gasteiger partial charge is 0.266 e. The van der Waals surface area contributed by atoms with Gasteiger partial charge < -0.3 is 0 Å². The summed E-state index contributed by atoms with van der Waals surface area (Å²) in [6.07, 6.45) is 1.81. The molecular weight excluding hydrogens is 393 g/mol. The molecule has 0 aliphatic heterocycles. The minimum atomic E-state index is -0.324. The van der Waals surface area contributed by atoms with Gasteiger partial charge in [-0.25, -0.2) is 4.39 Å². The third-order valence-corrected chi connectivity index (χ3v) is 4.88. The van der Waals surface area contributed by atoms with Crippen molar-refractivity contribution in [2.24, 2.45) is 0 Å². The molecule has 0 radical (unpaired) electrons. The normalized spacial score (nSPS) is 12.2. The zero-order valence-corrected chi connectivity index (χ0v) is 14.5. The van der Waals surface area contributed by atoms with E-state index in [4.69, 9.17) is 0 Å². The first kappa shape index (κ1) is 15.2. The van der Waals surface area contributed by atoms with Crippen LogP contribution in [0, 0.1) is 5.82 Å². The van der Waals surface area contributed by atoms with E-state index in [2.05, 4.69) is 26.0 Å². The fourth-order valence-electron chi connectivity index (χ4n) is 2.30. The van der Waals surface area contributed by atoms with Crippen LogP contribution in [-0.2, 0) is 0 Å². The summed E-state index contributed by atoms with van der Waals surface area (Å²) in [6, 6.07) is 13.5. The first-order valence-corrected chi connectivity index (χ1v) is 8.64. The second kappa shape index (κ2) is 5.92. The molecule has 0 amide bonds. The van der Waals surface area contributed by atoms with E-state index in [0.717, 1.165) is 10.0 Å². The van der Waals surface area contributed by atoms with Gasteiger partial charge in [-0.3, -0.25) is 4.79 Å². The van der Waals surface area contributed by atoms with Crippen LogP contribution >= 0.6 is 27.3 Å². The van der Waals surface area contributed by atoms with Crippen LogP contribution in [0.1, 0.15) is 5.56 Å². The summed E-state index contributed by atoms with van der Waals surface area (Å²) in [5, 5.41) is 4.24.